The molecule has 0 amide bonds. The van der Waals surface area contributed by atoms with Gasteiger partial charge in [-0.25, -0.2) is 4.98 Å². The van der Waals surface area contributed by atoms with E-state index in [4.69, 9.17) is 9.47 Å². The minimum atomic E-state index is 0.313. The Hall–Kier alpha value is -1.36. The van der Waals surface area contributed by atoms with E-state index in [1.54, 1.807) is 7.11 Å². The van der Waals surface area contributed by atoms with Gasteiger partial charge in [0.05, 0.1) is 6.61 Å². The van der Waals surface area contributed by atoms with Crippen molar-refractivity contribution in [3.05, 3.63) is 11.9 Å². The number of rotatable bonds is 7. The molecule has 5 heteroatoms. The van der Waals surface area contributed by atoms with Crippen molar-refractivity contribution in [1.82, 2.24) is 9.97 Å². The highest BCUT2D eigenvalue weighted by atomic mass is 16.5. The summed E-state index contributed by atoms with van der Waals surface area (Å²) in [6.45, 7) is 9.35. The number of anilines is 1. The van der Waals surface area contributed by atoms with Gasteiger partial charge in [0, 0.05) is 19.2 Å². The van der Waals surface area contributed by atoms with Crippen molar-refractivity contribution < 1.29 is 9.47 Å². The van der Waals surface area contributed by atoms with E-state index in [0.29, 0.717) is 36.9 Å². The predicted molar refractivity (Wildman–Crippen MR) is 71.8 cm³/mol. The molecule has 0 saturated carbocycles. The highest BCUT2D eigenvalue weighted by Crippen LogP contribution is 2.15. The zero-order valence-electron chi connectivity index (χ0n) is 11.9. The van der Waals surface area contributed by atoms with E-state index in [2.05, 4.69) is 43.0 Å². The third-order valence-corrected chi connectivity index (χ3v) is 2.02. The Morgan fingerprint density at radius 3 is 2.50 bits per heavy atom. The van der Waals surface area contributed by atoms with Crippen LogP contribution in [0.3, 0.4) is 0 Å². The first-order chi connectivity index (χ1) is 8.51. The van der Waals surface area contributed by atoms with Crippen LogP contribution in [0, 0.1) is 5.92 Å². The minimum absolute atomic E-state index is 0.313. The molecular formula is C13H23N3O2. The van der Waals surface area contributed by atoms with Crippen molar-refractivity contribution in [2.45, 2.75) is 40.3 Å². The largest absolute Gasteiger partial charge is 0.477 e. The summed E-state index contributed by atoms with van der Waals surface area (Å²) in [4.78, 5) is 8.67. The van der Waals surface area contributed by atoms with Gasteiger partial charge in [-0.2, -0.15) is 4.98 Å². The van der Waals surface area contributed by atoms with Gasteiger partial charge < -0.3 is 14.8 Å². The first-order valence-corrected chi connectivity index (χ1v) is 6.27. The van der Waals surface area contributed by atoms with Crippen molar-refractivity contribution in [3.8, 4) is 5.88 Å². The Morgan fingerprint density at radius 1 is 1.22 bits per heavy atom. The molecule has 0 atom stereocenters. The SMILES string of the molecule is COCc1nc(NC(C)C)cc(OCC(C)C)n1. The fourth-order valence-corrected chi connectivity index (χ4v) is 1.36. The molecule has 1 N–H and O–H groups in total. The Balaban J connectivity index is 2.83. The number of ether oxygens (including phenoxy) is 2. The van der Waals surface area contributed by atoms with Crippen LogP contribution in [0.15, 0.2) is 6.07 Å². The van der Waals surface area contributed by atoms with Crippen molar-refractivity contribution in [2.75, 3.05) is 19.0 Å². The van der Waals surface area contributed by atoms with Crippen molar-refractivity contribution in [3.63, 3.8) is 0 Å². The first kappa shape index (κ1) is 14.7. The third kappa shape index (κ3) is 5.31. The molecule has 5 nitrogen and oxygen atoms in total. The number of nitrogens with one attached hydrogen (secondary N) is 1. The molecular weight excluding hydrogens is 230 g/mol. The number of hydrogen-bond acceptors (Lipinski definition) is 5. The monoisotopic (exact) mass is 253 g/mol. The molecule has 0 unspecified atom stereocenters. The van der Waals surface area contributed by atoms with E-state index in [0.717, 1.165) is 5.82 Å². The van der Waals surface area contributed by atoms with Crippen LogP contribution in [0.2, 0.25) is 0 Å². The average molecular weight is 253 g/mol. The van der Waals surface area contributed by atoms with Crippen LogP contribution in [0.1, 0.15) is 33.5 Å². The number of nitrogens with zero attached hydrogens (tertiary/aromatic N) is 2. The molecule has 0 spiro atoms. The lowest BCUT2D eigenvalue weighted by Gasteiger charge is -2.13. The smallest absolute Gasteiger partial charge is 0.218 e. The molecule has 0 fully saturated rings. The molecule has 1 heterocycles. The van der Waals surface area contributed by atoms with Crippen molar-refractivity contribution in [2.24, 2.45) is 5.92 Å². The fraction of sp³-hybridized carbons (Fsp3) is 0.692. The second-order valence-electron chi connectivity index (χ2n) is 4.94. The molecule has 0 aliphatic rings. The van der Waals surface area contributed by atoms with Gasteiger partial charge in [-0.15, -0.1) is 0 Å². The summed E-state index contributed by atoms with van der Waals surface area (Å²) in [5, 5.41) is 3.24. The summed E-state index contributed by atoms with van der Waals surface area (Å²) in [7, 11) is 1.63. The zero-order valence-corrected chi connectivity index (χ0v) is 11.9. The maximum atomic E-state index is 5.63. The van der Waals surface area contributed by atoms with Crippen molar-refractivity contribution in [1.29, 1.82) is 0 Å². The fourth-order valence-electron chi connectivity index (χ4n) is 1.36. The molecule has 0 radical (unpaired) electrons. The Bertz CT molecular complexity index is 367. The quantitative estimate of drug-likeness (QED) is 0.809. The van der Waals surface area contributed by atoms with Crippen LogP contribution in [-0.2, 0) is 11.3 Å². The van der Waals surface area contributed by atoms with Crippen LogP contribution < -0.4 is 10.1 Å². The lowest BCUT2D eigenvalue weighted by Crippen LogP contribution is -2.14. The molecule has 0 aliphatic heterocycles. The maximum absolute atomic E-state index is 5.63. The Labute approximate surface area is 109 Å². The highest BCUT2D eigenvalue weighted by molar-refractivity contribution is 5.39. The average Bonchev–Trinajstić information content (AvgIpc) is 2.25. The van der Waals surface area contributed by atoms with Crippen LogP contribution in [0.5, 0.6) is 5.88 Å². The van der Waals surface area contributed by atoms with Crippen LogP contribution in [0.4, 0.5) is 5.82 Å². The van der Waals surface area contributed by atoms with Gasteiger partial charge in [-0.3, -0.25) is 0 Å². The van der Waals surface area contributed by atoms with Gasteiger partial charge in [0.15, 0.2) is 5.82 Å². The molecule has 0 aliphatic carbocycles. The summed E-state index contributed by atoms with van der Waals surface area (Å²) in [5.41, 5.74) is 0. The van der Waals surface area contributed by atoms with Crippen molar-refractivity contribution >= 4 is 5.82 Å². The number of hydrogen-bond donors (Lipinski definition) is 1. The first-order valence-electron chi connectivity index (χ1n) is 6.27. The maximum Gasteiger partial charge on any atom is 0.218 e. The lowest BCUT2D eigenvalue weighted by atomic mass is 10.2. The molecule has 0 aromatic carbocycles. The van der Waals surface area contributed by atoms with Gasteiger partial charge in [0.1, 0.15) is 12.4 Å². The Morgan fingerprint density at radius 2 is 1.94 bits per heavy atom. The number of methoxy groups -OCH3 is 1. The summed E-state index contributed by atoms with van der Waals surface area (Å²) in [6.07, 6.45) is 0. The van der Waals surface area contributed by atoms with Gasteiger partial charge in [0.2, 0.25) is 5.88 Å². The minimum Gasteiger partial charge on any atom is -0.477 e. The van der Waals surface area contributed by atoms with Gasteiger partial charge >= 0.3 is 0 Å². The molecule has 1 rings (SSSR count). The normalized spacial score (nSPS) is 11.1. The standard InChI is InChI=1S/C13H23N3O2/c1-9(2)7-18-13-6-11(14-10(3)4)15-12(16-13)8-17-5/h6,9-10H,7-8H2,1-5H3,(H,14,15,16). The highest BCUT2D eigenvalue weighted by Gasteiger charge is 2.07. The zero-order chi connectivity index (χ0) is 13.5. The van der Waals surface area contributed by atoms with Crippen LogP contribution in [0.25, 0.3) is 0 Å². The van der Waals surface area contributed by atoms with E-state index < -0.39 is 0 Å². The van der Waals surface area contributed by atoms with E-state index in [9.17, 15) is 0 Å². The van der Waals surface area contributed by atoms with Gasteiger partial charge in [-0.1, -0.05) is 13.8 Å². The summed E-state index contributed by atoms with van der Waals surface area (Å²) >= 11 is 0. The molecule has 1 aromatic rings. The second kappa shape index (κ2) is 7.16. The van der Waals surface area contributed by atoms with E-state index in [-0.39, 0.29) is 0 Å². The second-order valence-corrected chi connectivity index (χ2v) is 4.94. The molecule has 0 saturated heterocycles. The van der Waals surface area contributed by atoms with Crippen LogP contribution >= 0.6 is 0 Å². The summed E-state index contributed by atoms with van der Waals surface area (Å²) < 4.78 is 10.7. The third-order valence-electron chi connectivity index (χ3n) is 2.02. The Kier molecular flexibility index (Phi) is 5.85. The van der Waals surface area contributed by atoms with E-state index in [1.807, 2.05) is 6.07 Å². The molecule has 102 valence electrons. The van der Waals surface area contributed by atoms with Gasteiger partial charge in [0.25, 0.3) is 0 Å². The van der Waals surface area contributed by atoms with E-state index in [1.165, 1.54) is 0 Å². The van der Waals surface area contributed by atoms with Crippen LogP contribution in [-0.4, -0.2) is 29.7 Å². The predicted octanol–water partition coefficient (Wildman–Crippen LogP) is 2.48. The topological polar surface area (TPSA) is 56.3 Å². The van der Waals surface area contributed by atoms with E-state index >= 15 is 0 Å². The molecule has 0 bridgehead atoms. The summed E-state index contributed by atoms with van der Waals surface area (Å²) in [6, 6.07) is 2.13. The molecule has 1 aromatic heterocycles. The summed E-state index contributed by atoms with van der Waals surface area (Å²) in [5.74, 6) is 2.45. The van der Waals surface area contributed by atoms with Gasteiger partial charge in [-0.05, 0) is 19.8 Å². The molecule has 18 heavy (non-hydrogen) atoms. The lowest BCUT2D eigenvalue weighted by molar-refractivity contribution is 0.175. The number of aromatic nitrogens is 2.